The first-order chi connectivity index (χ1) is 10.1. The van der Waals surface area contributed by atoms with Crippen molar-refractivity contribution in [3.8, 4) is 5.75 Å². The molecule has 21 heavy (non-hydrogen) atoms. The van der Waals surface area contributed by atoms with E-state index in [0.717, 1.165) is 24.3 Å². The van der Waals surface area contributed by atoms with E-state index in [1.165, 1.54) is 23.3 Å². The molecule has 0 heterocycles. The third-order valence-electron chi connectivity index (χ3n) is 3.66. The average molecular weight is 287 g/mol. The Hall–Kier alpha value is -1.87. The van der Waals surface area contributed by atoms with E-state index < -0.39 is 0 Å². The maximum absolute atomic E-state index is 13.0. The number of halogens is 1. The van der Waals surface area contributed by atoms with Crippen molar-refractivity contribution < 1.29 is 9.13 Å². The Kier molecular flexibility index (Phi) is 5.34. The van der Waals surface area contributed by atoms with Crippen molar-refractivity contribution in [2.24, 2.45) is 0 Å². The molecular weight excluding hydrogens is 265 g/mol. The molecule has 0 saturated heterocycles. The van der Waals surface area contributed by atoms with Gasteiger partial charge in [-0.05, 0) is 60.8 Å². The van der Waals surface area contributed by atoms with Crippen LogP contribution in [-0.4, -0.2) is 13.7 Å². The number of likely N-dealkylation sites (N-methyl/N-ethyl adjacent to an activating group) is 1. The Balaban J connectivity index is 2.24. The van der Waals surface area contributed by atoms with Crippen LogP contribution in [0.15, 0.2) is 42.5 Å². The van der Waals surface area contributed by atoms with Gasteiger partial charge >= 0.3 is 0 Å². The highest BCUT2D eigenvalue weighted by atomic mass is 19.1. The van der Waals surface area contributed by atoms with Gasteiger partial charge in [-0.15, -0.1) is 0 Å². The van der Waals surface area contributed by atoms with Crippen molar-refractivity contribution in [1.29, 1.82) is 0 Å². The fraction of sp³-hybridized carbons (Fsp3) is 0.333. The van der Waals surface area contributed by atoms with E-state index >= 15 is 0 Å². The van der Waals surface area contributed by atoms with E-state index in [2.05, 4.69) is 25.2 Å². The maximum atomic E-state index is 13.0. The number of ether oxygens (including phenoxy) is 1. The number of aryl methyl sites for hydroxylation is 1. The lowest BCUT2D eigenvalue weighted by Gasteiger charge is -2.21. The monoisotopic (exact) mass is 287 g/mol. The fourth-order valence-corrected chi connectivity index (χ4v) is 2.56. The predicted molar refractivity (Wildman–Crippen MR) is 84.3 cm³/mol. The van der Waals surface area contributed by atoms with Crippen molar-refractivity contribution in [2.45, 2.75) is 26.3 Å². The molecule has 2 aromatic carbocycles. The van der Waals surface area contributed by atoms with E-state index in [4.69, 9.17) is 4.74 Å². The van der Waals surface area contributed by atoms with E-state index in [9.17, 15) is 4.39 Å². The fourth-order valence-electron chi connectivity index (χ4n) is 2.56. The summed E-state index contributed by atoms with van der Waals surface area (Å²) in [5.41, 5.74) is 3.57. The minimum absolute atomic E-state index is 0.195. The quantitative estimate of drug-likeness (QED) is 0.866. The molecule has 2 nitrogen and oxygen atoms in total. The third kappa shape index (κ3) is 4.05. The Morgan fingerprint density at radius 1 is 1.14 bits per heavy atom. The molecule has 0 aliphatic rings. The largest absolute Gasteiger partial charge is 0.497 e. The zero-order chi connectivity index (χ0) is 15.2. The van der Waals surface area contributed by atoms with Crippen LogP contribution < -0.4 is 10.1 Å². The van der Waals surface area contributed by atoms with Gasteiger partial charge in [-0.1, -0.05) is 25.1 Å². The van der Waals surface area contributed by atoms with Crippen molar-refractivity contribution in [3.05, 3.63) is 65.0 Å². The first-order valence-electron chi connectivity index (χ1n) is 7.26. The van der Waals surface area contributed by atoms with Gasteiger partial charge in [0, 0.05) is 6.04 Å². The van der Waals surface area contributed by atoms with Crippen LogP contribution in [0.1, 0.15) is 29.7 Å². The number of methoxy groups -OCH3 is 1. The van der Waals surface area contributed by atoms with E-state index in [-0.39, 0.29) is 11.9 Å². The molecule has 0 fully saturated rings. The molecule has 1 N–H and O–H groups in total. The maximum Gasteiger partial charge on any atom is 0.123 e. The molecule has 0 aromatic heterocycles. The summed E-state index contributed by atoms with van der Waals surface area (Å²) in [5, 5.41) is 3.51. The van der Waals surface area contributed by atoms with Gasteiger partial charge < -0.3 is 10.1 Å². The summed E-state index contributed by atoms with van der Waals surface area (Å²) >= 11 is 0. The second-order valence-corrected chi connectivity index (χ2v) is 5.16. The molecule has 1 atom stereocenters. The molecule has 0 aliphatic carbocycles. The van der Waals surface area contributed by atoms with Gasteiger partial charge in [-0.3, -0.25) is 0 Å². The molecule has 0 radical (unpaired) electrons. The van der Waals surface area contributed by atoms with E-state index in [1.807, 2.05) is 24.3 Å². The molecule has 2 aromatic rings. The standard InChI is InChI=1S/C18H22FNO/c1-4-20-18(12-14-5-7-15(19)8-6-14)17-10-9-16(21-3)11-13(17)2/h5-11,18,20H,4,12H2,1-3H3. The van der Waals surface area contributed by atoms with Crippen LogP contribution in [0.25, 0.3) is 0 Å². The van der Waals surface area contributed by atoms with Gasteiger partial charge in [0.1, 0.15) is 11.6 Å². The molecule has 2 rings (SSSR count). The number of hydrogen-bond acceptors (Lipinski definition) is 2. The minimum atomic E-state index is -0.195. The summed E-state index contributed by atoms with van der Waals surface area (Å²) in [6, 6.07) is 13.1. The van der Waals surface area contributed by atoms with Crippen molar-refractivity contribution in [3.63, 3.8) is 0 Å². The molecule has 0 bridgehead atoms. The predicted octanol–water partition coefficient (Wildman–Crippen LogP) is 4.04. The Morgan fingerprint density at radius 2 is 1.86 bits per heavy atom. The number of hydrogen-bond donors (Lipinski definition) is 1. The first-order valence-corrected chi connectivity index (χ1v) is 7.26. The highest BCUT2D eigenvalue weighted by Gasteiger charge is 2.14. The molecule has 0 aliphatic heterocycles. The number of nitrogens with one attached hydrogen (secondary N) is 1. The number of rotatable bonds is 6. The summed E-state index contributed by atoms with van der Waals surface area (Å²) in [6.45, 7) is 5.07. The van der Waals surface area contributed by atoms with Crippen molar-refractivity contribution in [2.75, 3.05) is 13.7 Å². The first kappa shape index (κ1) is 15.5. The van der Waals surface area contributed by atoms with Gasteiger partial charge in [0.15, 0.2) is 0 Å². The summed E-state index contributed by atoms with van der Waals surface area (Å²) in [7, 11) is 1.68. The van der Waals surface area contributed by atoms with E-state index in [0.29, 0.717) is 0 Å². The second-order valence-electron chi connectivity index (χ2n) is 5.16. The lowest BCUT2D eigenvalue weighted by Crippen LogP contribution is -2.23. The smallest absolute Gasteiger partial charge is 0.123 e. The minimum Gasteiger partial charge on any atom is -0.497 e. The van der Waals surface area contributed by atoms with Crippen LogP contribution in [0.2, 0.25) is 0 Å². The summed E-state index contributed by atoms with van der Waals surface area (Å²) in [4.78, 5) is 0. The normalized spacial score (nSPS) is 12.2. The van der Waals surface area contributed by atoms with E-state index in [1.54, 1.807) is 7.11 Å². The molecule has 0 spiro atoms. The van der Waals surface area contributed by atoms with Crippen LogP contribution in [-0.2, 0) is 6.42 Å². The molecule has 0 saturated carbocycles. The van der Waals surface area contributed by atoms with Crippen molar-refractivity contribution >= 4 is 0 Å². The average Bonchev–Trinajstić information content (AvgIpc) is 2.49. The summed E-state index contributed by atoms with van der Waals surface area (Å²) in [5.74, 6) is 0.674. The van der Waals surface area contributed by atoms with Crippen LogP contribution in [0.4, 0.5) is 4.39 Å². The SMILES string of the molecule is CCNC(Cc1ccc(F)cc1)c1ccc(OC)cc1C. The number of benzene rings is 2. The van der Waals surface area contributed by atoms with Crippen LogP contribution in [0.5, 0.6) is 5.75 Å². The Morgan fingerprint density at radius 3 is 2.43 bits per heavy atom. The summed E-state index contributed by atoms with van der Waals surface area (Å²) in [6.07, 6.45) is 0.835. The van der Waals surface area contributed by atoms with Gasteiger partial charge in [0.05, 0.1) is 7.11 Å². The zero-order valence-electron chi connectivity index (χ0n) is 12.8. The molecule has 3 heteroatoms. The zero-order valence-corrected chi connectivity index (χ0v) is 12.8. The molecule has 112 valence electrons. The second kappa shape index (κ2) is 7.23. The third-order valence-corrected chi connectivity index (χ3v) is 3.66. The topological polar surface area (TPSA) is 21.3 Å². The Bertz CT molecular complexity index is 580. The van der Waals surface area contributed by atoms with Crippen LogP contribution in [0.3, 0.4) is 0 Å². The molecule has 0 amide bonds. The van der Waals surface area contributed by atoms with Gasteiger partial charge in [0.2, 0.25) is 0 Å². The lowest BCUT2D eigenvalue weighted by molar-refractivity contribution is 0.414. The van der Waals surface area contributed by atoms with Crippen LogP contribution >= 0.6 is 0 Å². The Labute approximate surface area is 126 Å². The molecular formula is C18H22FNO. The van der Waals surface area contributed by atoms with Gasteiger partial charge in [-0.2, -0.15) is 0 Å². The van der Waals surface area contributed by atoms with Crippen LogP contribution in [0, 0.1) is 12.7 Å². The van der Waals surface area contributed by atoms with Gasteiger partial charge in [-0.25, -0.2) is 4.39 Å². The summed E-state index contributed by atoms with van der Waals surface area (Å²) < 4.78 is 18.3. The van der Waals surface area contributed by atoms with Crippen molar-refractivity contribution in [1.82, 2.24) is 5.32 Å². The highest BCUT2D eigenvalue weighted by Crippen LogP contribution is 2.25. The van der Waals surface area contributed by atoms with Gasteiger partial charge in [0.25, 0.3) is 0 Å². The highest BCUT2D eigenvalue weighted by molar-refractivity contribution is 5.37. The lowest BCUT2D eigenvalue weighted by atomic mass is 9.95. The molecule has 1 unspecified atom stereocenters.